The molecule has 2 aliphatic rings. The van der Waals surface area contributed by atoms with Crippen LogP contribution in [-0.4, -0.2) is 37.6 Å². The fourth-order valence-corrected chi connectivity index (χ4v) is 3.72. The highest BCUT2D eigenvalue weighted by molar-refractivity contribution is 6.04. The Bertz CT molecular complexity index is 1310. The van der Waals surface area contributed by atoms with E-state index in [9.17, 15) is 9.90 Å². The van der Waals surface area contributed by atoms with Crippen LogP contribution in [-0.2, 0) is 11.3 Å². The summed E-state index contributed by atoms with van der Waals surface area (Å²) in [5.74, 6) is -0.407. The van der Waals surface area contributed by atoms with E-state index in [1.54, 1.807) is 6.92 Å². The number of carbonyl (C=O) groups excluding carboxylic acids is 1. The van der Waals surface area contributed by atoms with Crippen molar-refractivity contribution in [2.24, 2.45) is 0 Å². The third kappa shape index (κ3) is 3.55. The van der Waals surface area contributed by atoms with Crippen molar-refractivity contribution in [2.75, 3.05) is 6.61 Å². The SMILES string of the molecule is CCOC(=O)c1c2ccc(cc3nc(c(CO)c4nc(cc5ccc1[nH]5)C=C4)C=C3)[nH]2. The molecule has 3 aromatic rings. The summed E-state index contributed by atoms with van der Waals surface area (Å²) in [5, 5.41) is 9.94. The van der Waals surface area contributed by atoms with E-state index >= 15 is 0 Å². The molecule has 0 spiro atoms. The largest absolute Gasteiger partial charge is 0.462 e. The molecular weight excluding hydrogens is 392 g/mol. The molecule has 0 atom stereocenters. The molecule has 3 N–H and O–H groups in total. The fraction of sp³-hybridized carbons (Fsp3) is 0.125. The number of hydrogen-bond acceptors (Lipinski definition) is 5. The van der Waals surface area contributed by atoms with E-state index in [0.717, 1.165) is 22.4 Å². The molecule has 0 radical (unpaired) electrons. The standard InChI is InChI=1S/C24H20N4O3/c1-2-31-24(30)23-21-9-5-16(27-21)11-14-3-7-19(25-14)18(13-29)20-8-4-15(26-20)12-17-6-10-22(23)28-17/h3-12,27-29H,2,13H2,1H3. The van der Waals surface area contributed by atoms with Crippen LogP contribution in [0.25, 0.3) is 46.4 Å². The maximum Gasteiger partial charge on any atom is 0.342 e. The van der Waals surface area contributed by atoms with E-state index in [1.165, 1.54) is 0 Å². The molecule has 0 unspecified atom stereocenters. The van der Waals surface area contributed by atoms with Gasteiger partial charge in [-0.05, 0) is 67.6 Å². The van der Waals surface area contributed by atoms with Gasteiger partial charge >= 0.3 is 5.97 Å². The third-order valence-corrected chi connectivity index (χ3v) is 5.14. The molecule has 154 valence electrons. The summed E-state index contributed by atoms with van der Waals surface area (Å²) in [7, 11) is 0. The Morgan fingerprint density at radius 2 is 1.45 bits per heavy atom. The Morgan fingerprint density at radius 1 is 0.903 bits per heavy atom. The van der Waals surface area contributed by atoms with Gasteiger partial charge in [-0.2, -0.15) is 0 Å². The summed E-state index contributed by atoms with van der Waals surface area (Å²) >= 11 is 0. The van der Waals surface area contributed by atoms with Crippen molar-refractivity contribution in [2.45, 2.75) is 13.5 Å². The van der Waals surface area contributed by atoms with Crippen LogP contribution in [0.5, 0.6) is 0 Å². The molecule has 31 heavy (non-hydrogen) atoms. The molecule has 0 amide bonds. The van der Waals surface area contributed by atoms with E-state index in [2.05, 4.69) is 19.9 Å². The Morgan fingerprint density at radius 3 is 1.94 bits per heavy atom. The molecule has 0 saturated carbocycles. The summed E-state index contributed by atoms with van der Waals surface area (Å²) in [6.07, 6.45) is 7.49. The molecule has 5 heterocycles. The first kappa shape index (κ1) is 19.0. The number of nitrogens with zero attached hydrogens (tertiary/aromatic N) is 2. The van der Waals surface area contributed by atoms with E-state index in [0.29, 0.717) is 33.5 Å². The Hall–Kier alpha value is -3.97. The Kier molecular flexibility index (Phi) is 4.72. The van der Waals surface area contributed by atoms with Crippen molar-refractivity contribution in [3.05, 3.63) is 70.3 Å². The first-order valence-corrected chi connectivity index (χ1v) is 10.0. The second-order valence-electron chi connectivity index (χ2n) is 7.19. The Labute approximate surface area is 177 Å². The fourth-order valence-electron chi connectivity index (χ4n) is 3.72. The second kappa shape index (κ2) is 7.70. The number of esters is 1. The van der Waals surface area contributed by atoms with E-state index < -0.39 is 5.97 Å². The Balaban J connectivity index is 1.88. The van der Waals surface area contributed by atoms with Crippen LogP contribution in [0.15, 0.2) is 36.4 Å². The molecule has 0 fully saturated rings. The zero-order valence-corrected chi connectivity index (χ0v) is 16.8. The average molecular weight is 412 g/mol. The van der Waals surface area contributed by atoms with Crippen molar-refractivity contribution < 1.29 is 14.6 Å². The molecule has 7 heteroatoms. The zero-order valence-electron chi connectivity index (χ0n) is 16.8. The predicted molar refractivity (Wildman–Crippen MR) is 121 cm³/mol. The maximum absolute atomic E-state index is 12.7. The van der Waals surface area contributed by atoms with Crippen LogP contribution in [0.4, 0.5) is 0 Å². The predicted octanol–water partition coefficient (Wildman–Crippen LogP) is 4.32. The minimum atomic E-state index is -0.407. The topological polar surface area (TPSA) is 104 Å². The number of ether oxygens (including phenoxy) is 1. The number of aromatic amines is 2. The van der Waals surface area contributed by atoms with Crippen molar-refractivity contribution in [3.8, 4) is 0 Å². The number of fused-ring (bicyclic) bond motifs is 8. The number of aromatic nitrogens is 4. The number of aliphatic hydroxyl groups is 1. The van der Waals surface area contributed by atoms with Crippen LogP contribution in [0.2, 0.25) is 0 Å². The molecule has 0 aliphatic carbocycles. The minimum Gasteiger partial charge on any atom is -0.462 e. The van der Waals surface area contributed by atoms with E-state index in [-0.39, 0.29) is 13.2 Å². The van der Waals surface area contributed by atoms with Gasteiger partial charge in [-0.25, -0.2) is 14.8 Å². The van der Waals surface area contributed by atoms with Gasteiger partial charge in [-0.3, -0.25) is 0 Å². The van der Waals surface area contributed by atoms with Gasteiger partial charge < -0.3 is 19.8 Å². The third-order valence-electron chi connectivity index (χ3n) is 5.14. The lowest BCUT2D eigenvalue weighted by Crippen LogP contribution is -2.05. The molecule has 7 nitrogen and oxygen atoms in total. The maximum atomic E-state index is 12.7. The minimum absolute atomic E-state index is 0.163. The van der Waals surface area contributed by atoms with Crippen LogP contribution in [0.3, 0.4) is 0 Å². The summed E-state index contributed by atoms with van der Waals surface area (Å²) in [6, 6.07) is 11.2. The lowest BCUT2D eigenvalue weighted by atomic mass is 10.2. The zero-order chi connectivity index (χ0) is 21.4. The normalized spacial score (nSPS) is 12.3. The average Bonchev–Trinajstić information content (AvgIpc) is 3.53. The van der Waals surface area contributed by atoms with Crippen LogP contribution in [0.1, 0.15) is 45.6 Å². The highest BCUT2D eigenvalue weighted by Gasteiger charge is 2.14. The number of carbonyl (C=O) groups is 1. The molecule has 5 rings (SSSR count). The van der Waals surface area contributed by atoms with Gasteiger partial charge in [0.15, 0.2) is 0 Å². The first-order valence-electron chi connectivity index (χ1n) is 10.0. The number of rotatable bonds is 3. The van der Waals surface area contributed by atoms with Gasteiger partial charge in [-0.15, -0.1) is 0 Å². The highest BCUT2D eigenvalue weighted by atomic mass is 16.5. The second-order valence-corrected chi connectivity index (χ2v) is 7.19. The van der Waals surface area contributed by atoms with Gasteiger partial charge in [0.2, 0.25) is 0 Å². The quantitative estimate of drug-likeness (QED) is 0.383. The number of H-pyrrole nitrogens is 2. The molecule has 3 aromatic heterocycles. The monoisotopic (exact) mass is 412 g/mol. The lowest BCUT2D eigenvalue weighted by Gasteiger charge is -2.01. The smallest absolute Gasteiger partial charge is 0.342 e. The van der Waals surface area contributed by atoms with Crippen molar-refractivity contribution in [1.29, 1.82) is 0 Å². The van der Waals surface area contributed by atoms with Crippen LogP contribution < -0.4 is 0 Å². The molecule has 0 saturated heterocycles. The summed E-state index contributed by atoms with van der Waals surface area (Å²) in [4.78, 5) is 28.6. The molecule has 0 aromatic carbocycles. The summed E-state index contributed by atoms with van der Waals surface area (Å²) < 4.78 is 5.30. The van der Waals surface area contributed by atoms with Gasteiger partial charge in [0, 0.05) is 16.6 Å². The molecule has 2 aliphatic heterocycles. The van der Waals surface area contributed by atoms with Gasteiger partial charge in [0.25, 0.3) is 0 Å². The van der Waals surface area contributed by atoms with Gasteiger partial charge in [-0.1, -0.05) is 0 Å². The van der Waals surface area contributed by atoms with Gasteiger partial charge in [0.05, 0.1) is 47.0 Å². The van der Waals surface area contributed by atoms with Crippen molar-refractivity contribution in [1.82, 2.24) is 19.9 Å². The first-order chi connectivity index (χ1) is 15.1. The molecular formula is C24H20N4O3. The number of hydrogen-bond donors (Lipinski definition) is 3. The van der Waals surface area contributed by atoms with Crippen LogP contribution in [0, 0.1) is 0 Å². The van der Waals surface area contributed by atoms with E-state index in [1.807, 2.05) is 60.7 Å². The van der Waals surface area contributed by atoms with Crippen molar-refractivity contribution in [3.63, 3.8) is 0 Å². The highest BCUT2D eigenvalue weighted by Crippen LogP contribution is 2.23. The summed E-state index contributed by atoms with van der Waals surface area (Å²) in [5.41, 5.74) is 6.81. The summed E-state index contributed by atoms with van der Waals surface area (Å²) in [6.45, 7) is 1.90. The number of nitrogens with one attached hydrogen (secondary N) is 2. The number of aliphatic hydroxyl groups excluding tert-OH is 1. The van der Waals surface area contributed by atoms with Crippen molar-refractivity contribution >= 4 is 52.3 Å². The van der Waals surface area contributed by atoms with E-state index in [4.69, 9.17) is 4.74 Å². The van der Waals surface area contributed by atoms with Gasteiger partial charge in [0.1, 0.15) is 5.56 Å². The lowest BCUT2D eigenvalue weighted by molar-refractivity contribution is 0.0530. The van der Waals surface area contributed by atoms with Crippen LogP contribution >= 0.6 is 0 Å². The molecule has 8 bridgehead atoms.